The summed E-state index contributed by atoms with van der Waals surface area (Å²) < 4.78 is 16.3. The Hall–Kier alpha value is -0.0551. The molecular formula is C9H15BO3. The molecule has 13 heavy (non-hydrogen) atoms. The smallest absolute Gasteiger partial charge is 0.117 e. The highest BCUT2D eigenvalue weighted by Gasteiger charge is 2.58. The second kappa shape index (κ2) is 3.26. The Balaban J connectivity index is 2.17. The molecule has 4 heteroatoms. The molecular weight excluding hydrogens is 167 g/mol. The number of hydrogen-bond donors (Lipinski definition) is 0. The van der Waals surface area contributed by atoms with Gasteiger partial charge >= 0.3 is 0 Å². The molecule has 4 atom stereocenters. The van der Waals surface area contributed by atoms with Crippen LogP contribution in [0.3, 0.4) is 0 Å². The van der Waals surface area contributed by atoms with Crippen molar-refractivity contribution in [3.05, 3.63) is 0 Å². The van der Waals surface area contributed by atoms with Gasteiger partial charge in [-0.3, -0.25) is 0 Å². The summed E-state index contributed by atoms with van der Waals surface area (Å²) in [5, 5.41) is 0. The fourth-order valence-corrected chi connectivity index (χ4v) is 2.74. The van der Waals surface area contributed by atoms with E-state index in [1.54, 1.807) is 14.2 Å². The van der Waals surface area contributed by atoms with E-state index in [0.717, 1.165) is 12.8 Å². The van der Waals surface area contributed by atoms with E-state index < -0.39 is 0 Å². The normalized spacial score (nSPS) is 48.6. The van der Waals surface area contributed by atoms with Gasteiger partial charge in [0.05, 0.1) is 12.7 Å². The minimum absolute atomic E-state index is 0.113. The predicted octanol–water partition coefficient (Wildman–Crippen LogP) is 0.321. The molecule has 2 fully saturated rings. The molecule has 0 aromatic rings. The Kier molecular flexibility index (Phi) is 2.38. The summed E-state index contributed by atoms with van der Waals surface area (Å²) in [6.07, 6.45) is 2.20. The van der Waals surface area contributed by atoms with Crippen molar-refractivity contribution in [2.45, 2.75) is 30.5 Å². The molecule has 2 rings (SSSR count). The van der Waals surface area contributed by atoms with Gasteiger partial charge in [0, 0.05) is 26.1 Å². The lowest BCUT2D eigenvalue weighted by molar-refractivity contribution is -0.114. The van der Waals surface area contributed by atoms with Crippen molar-refractivity contribution in [3.63, 3.8) is 0 Å². The van der Waals surface area contributed by atoms with Crippen LogP contribution in [0.15, 0.2) is 0 Å². The maximum absolute atomic E-state index is 5.84. The van der Waals surface area contributed by atoms with Crippen LogP contribution in [0.4, 0.5) is 0 Å². The quantitative estimate of drug-likeness (QED) is 0.588. The number of rotatable bonds is 3. The molecule has 1 saturated carbocycles. The minimum Gasteiger partial charge on any atom is -0.382 e. The third-order valence-electron chi connectivity index (χ3n) is 3.24. The summed E-state index contributed by atoms with van der Waals surface area (Å²) in [4.78, 5) is 0. The lowest BCUT2D eigenvalue weighted by Crippen LogP contribution is -2.42. The van der Waals surface area contributed by atoms with Crippen molar-refractivity contribution in [2.24, 2.45) is 5.92 Å². The van der Waals surface area contributed by atoms with Gasteiger partial charge in [-0.1, -0.05) is 0 Å². The summed E-state index contributed by atoms with van der Waals surface area (Å²) in [6.45, 7) is 0.579. The van der Waals surface area contributed by atoms with Gasteiger partial charge in [0.25, 0.3) is 0 Å². The van der Waals surface area contributed by atoms with Crippen LogP contribution >= 0.6 is 0 Å². The third kappa shape index (κ3) is 1.23. The first-order valence-electron chi connectivity index (χ1n) is 4.68. The molecule has 3 nitrogen and oxygen atoms in total. The number of ether oxygens (including phenoxy) is 3. The number of methoxy groups -OCH3 is 2. The molecule has 1 aliphatic heterocycles. The van der Waals surface area contributed by atoms with Gasteiger partial charge < -0.3 is 14.2 Å². The summed E-state index contributed by atoms with van der Waals surface area (Å²) in [5.74, 6) is 0.347. The molecule has 2 aliphatic rings. The monoisotopic (exact) mass is 182 g/mol. The lowest BCUT2D eigenvalue weighted by atomic mass is 9.85. The Morgan fingerprint density at radius 3 is 2.85 bits per heavy atom. The minimum atomic E-state index is -0.270. The van der Waals surface area contributed by atoms with Gasteiger partial charge in [0.1, 0.15) is 13.4 Å². The molecule has 0 N–H and O–H groups in total. The van der Waals surface area contributed by atoms with Gasteiger partial charge in [-0.2, -0.15) is 0 Å². The second-order valence-corrected chi connectivity index (χ2v) is 3.94. The molecule has 1 heterocycles. The maximum atomic E-state index is 5.84. The Morgan fingerprint density at radius 2 is 2.31 bits per heavy atom. The van der Waals surface area contributed by atoms with Gasteiger partial charge in [0.15, 0.2) is 0 Å². The highest BCUT2D eigenvalue weighted by Crippen LogP contribution is 2.48. The SMILES string of the molecule is [B][C@@H]1O[C@@]2(COC)CCC1[C@H]2OC. The van der Waals surface area contributed by atoms with Crippen molar-refractivity contribution >= 4 is 7.85 Å². The summed E-state index contributed by atoms with van der Waals surface area (Å²) in [5.41, 5.74) is -0.270. The molecule has 0 aromatic heterocycles. The summed E-state index contributed by atoms with van der Waals surface area (Å²) in [7, 11) is 9.24. The van der Waals surface area contributed by atoms with Crippen LogP contribution in [0.25, 0.3) is 0 Å². The van der Waals surface area contributed by atoms with Gasteiger partial charge in [-0.05, 0) is 12.8 Å². The van der Waals surface area contributed by atoms with Crippen LogP contribution in [0.5, 0.6) is 0 Å². The Bertz CT molecular complexity index is 199. The first kappa shape index (κ1) is 9.50. The third-order valence-corrected chi connectivity index (χ3v) is 3.24. The largest absolute Gasteiger partial charge is 0.382 e. The van der Waals surface area contributed by atoms with Gasteiger partial charge in [-0.15, -0.1) is 0 Å². The molecule has 1 saturated heterocycles. The Morgan fingerprint density at radius 1 is 1.54 bits per heavy atom. The standard InChI is InChI=1S/C9H15BO3/c1-11-5-9-4-3-6(7(9)12-2)8(10)13-9/h6-8H,3-5H2,1-2H3/t6?,7-,8-,9-/m1/s1. The fourth-order valence-electron chi connectivity index (χ4n) is 2.74. The van der Waals surface area contributed by atoms with E-state index in [0.29, 0.717) is 12.5 Å². The van der Waals surface area contributed by atoms with Crippen LogP contribution in [0.1, 0.15) is 12.8 Å². The fraction of sp³-hybridized carbons (Fsp3) is 1.00. The highest BCUT2D eigenvalue weighted by molar-refractivity contribution is 6.11. The van der Waals surface area contributed by atoms with E-state index in [9.17, 15) is 0 Å². The zero-order valence-electron chi connectivity index (χ0n) is 8.16. The molecule has 2 radical (unpaired) electrons. The van der Waals surface area contributed by atoms with E-state index >= 15 is 0 Å². The van der Waals surface area contributed by atoms with E-state index in [4.69, 9.17) is 22.1 Å². The first-order valence-corrected chi connectivity index (χ1v) is 4.68. The highest BCUT2D eigenvalue weighted by atomic mass is 16.6. The molecule has 1 unspecified atom stereocenters. The van der Waals surface area contributed by atoms with Crippen LogP contribution < -0.4 is 0 Å². The zero-order chi connectivity index (χ0) is 9.47. The van der Waals surface area contributed by atoms with Crippen molar-refractivity contribution < 1.29 is 14.2 Å². The second-order valence-electron chi connectivity index (χ2n) is 3.94. The molecule has 0 spiro atoms. The predicted molar refractivity (Wildman–Crippen MR) is 48.8 cm³/mol. The molecule has 72 valence electrons. The average molecular weight is 182 g/mol. The average Bonchev–Trinajstić information content (AvgIpc) is 2.55. The van der Waals surface area contributed by atoms with Crippen molar-refractivity contribution in [1.82, 2.24) is 0 Å². The Labute approximate surface area is 80.1 Å². The van der Waals surface area contributed by atoms with Crippen LogP contribution in [0, 0.1) is 5.92 Å². The van der Waals surface area contributed by atoms with Crippen LogP contribution in [-0.4, -0.2) is 46.4 Å². The molecule has 2 bridgehead atoms. The molecule has 1 aliphatic carbocycles. The van der Waals surface area contributed by atoms with Crippen LogP contribution in [-0.2, 0) is 14.2 Å². The number of fused-ring (bicyclic) bond motifs is 2. The maximum Gasteiger partial charge on any atom is 0.117 e. The van der Waals surface area contributed by atoms with E-state index in [1.807, 2.05) is 0 Å². The summed E-state index contributed by atoms with van der Waals surface area (Å²) in [6, 6.07) is -0.172. The van der Waals surface area contributed by atoms with Crippen LogP contribution in [0.2, 0.25) is 0 Å². The van der Waals surface area contributed by atoms with Gasteiger partial charge in [-0.25, -0.2) is 0 Å². The lowest BCUT2D eigenvalue weighted by Gasteiger charge is -2.30. The van der Waals surface area contributed by atoms with Crippen molar-refractivity contribution in [2.75, 3.05) is 20.8 Å². The molecule has 0 aromatic carbocycles. The molecule has 0 amide bonds. The first-order chi connectivity index (χ1) is 6.23. The number of hydrogen-bond acceptors (Lipinski definition) is 3. The topological polar surface area (TPSA) is 27.7 Å². The van der Waals surface area contributed by atoms with Gasteiger partial charge in [0.2, 0.25) is 0 Å². The zero-order valence-corrected chi connectivity index (χ0v) is 8.16. The van der Waals surface area contributed by atoms with E-state index in [-0.39, 0.29) is 17.7 Å². The van der Waals surface area contributed by atoms with E-state index in [2.05, 4.69) is 0 Å². The van der Waals surface area contributed by atoms with Crippen molar-refractivity contribution in [1.29, 1.82) is 0 Å². The van der Waals surface area contributed by atoms with Crippen molar-refractivity contribution in [3.8, 4) is 0 Å². The summed E-state index contributed by atoms with van der Waals surface area (Å²) >= 11 is 0. The van der Waals surface area contributed by atoms with E-state index in [1.165, 1.54) is 0 Å².